The lowest BCUT2D eigenvalue weighted by atomic mass is 10.1. The summed E-state index contributed by atoms with van der Waals surface area (Å²) in [7, 11) is 0. The molecule has 5 heteroatoms. The van der Waals surface area contributed by atoms with E-state index in [1.54, 1.807) is 11.8 Å². The van der Waals surface area contributed by atoms with E-state index in [1.165, 1.54) is 25.9 Å². The lowest BCUT2D eigenvalue weighted by molar-refractivity contribution is -0.139. The van der Waals surface area contributed by atoms with Gasteiger partial charge in [0.15, 0.2) is 0 Å². The molecule has 1 aliphatic heterocycles. The number of carboxylic acid groups (broad SMARTS) is 1. The summed E-state index contributed by atoms with van der Waals surface area (Å²) in [6.07, 6.45) is 2.59. The van der Waals surface area contributed by atoms with E-state index in [4.69, 9.17) is 10.8 Å². The van der Waals surface area contributed by atoms with Crippen LogP contribution < -0.4 is 5.73 Å². The zero-order valence-electron chi connectivity index (χ0n) is 10.1. The standard InChI is InChI=1S/C11H22N2O2S/c1-11(2,9(12)10(14)15)16-8-7-13-5-3-4-6-13/h9H,3-8,12H2,1-2H3,(H,14,15)/t9-/m0/s1. The van der Waals surface area contributed by atoms with Gasteiger partial charge in [0.1, 0.15) is 6.04 Å². The van der Waals surface area contributed by atoms with Crippen LogP contribution in [0.4, 0.5) is 0 Å². The van der Waals surface area contributed by atoms with Crippen molar-refractivity contribution in [3.8, 4) is 0 Å². The molecule has 1 heterocycles. The number of hydrogen-bond donors (Lipinski definition) is 2. The largest absolute Gasteiger partial charge is 0.480 e. The van der Waals surface area contributed by atoms with Crippen molar-refractivity contribution in [1.29, 1.82) is 0 Å². The van der Waals surface area contributed by atoms with Crippen molar-refractivity contribution in [2.45, 2.75) is 37.5 Å². The highest BCUT2D eigenvalue weighted by Crippen LogP contribution is 2.27. The van der Waals surface area contributed by atoms with Gasteiger partial charge in [-0.2, -0.15) is 11.8 Å². The Balaban J connectivity index is 2.26. The van der Waals surface area contributed by atoms with Crippen LogP contribution in [-0.2, 0) is 4.79 Å². The predicted octanol–water partition coefficient (Wildman–Crippen LogP) is 1.01. The normalized spacial score (nSPS) is 19.9. The summed E-state index contributed by atoms with van der Waals surface area (Å²) in [6.45, 7) is 7.22. The van der Waals surface area contributed by atoms with Gasteiger partial charge in [-0.05, 0) is 39.8 Å². The lowest BCUT2D eigenvalue weighted by Gasteiger charge is -2.28. The van der Waals surface area contributed by atoms with Gasteiger partial charge in [0.2, 0.25) is 0 Å². The van der Waals surface area contributed by atoms with E-state index in [0.29, 0.717) is 0 Å². The molecule has 0 amide bonds. The van der Waals surface area contributed by atoms with E-state index in [9.17, 15) is 4.79 Å². The number of hydrogen-bond acceptors (Lipinski definition) is 4. The highest BCUT2D eigenvalue weighted by atomic mass is 32.2. The lowest BCUT2D eigenvalue weighted by Crippen LogP contribution is -2.47. The molecule has 1 atom stereocenters. The Hall–Kier alpha value is -0.260. The third-order valence-electron chi connectivity index (χ3n) is 3.10. The first kappa shape index (κ1) is 13.8. The third kappa shape index (κ3) is 3.96. The Labute approximate surface area is 102 Å². The van der Waals surface area contributed by atoms with Crippen molar-refractivity contribution in [3.63, 3.8) is 0 Å². The minimum atomic E-state index is -0.918. The van der Waals surface area contributed by atoms with Gasteiger partial charge in [0.25, 0.3) is 0 Å². The fourth-order valence-corrected chi connectivity index (χ4v) is 2.99. The minimum Gasteiger partial charge on any atom is -0.480 e. The summed E-state index contributed by atoms with van der Waals surface area (Å²) < 4.78 is -0.397. The van der Waals surface area contributed by atoms with E-state index >= 15 is 0 Å². The van der Waals surface area contributed by atoms with Crippen LogP contribution in [0.25, 0.3) is 0 Å². The van der Waals surface area contributed by atoms with Gasteiger partial charge >= 0.3 is 5.97 Å². The molecule has 0 unspecified atom stereocenters. The Morgan fingerprint density at radius 1 is 1.50 bits per heavy atom. The first-order valence-corrected chi connectivity index (χ1v) is 6.77. The zero-order chi connectivity index (χ0) is 12.2. The molecule has 0 aromatic heterocycles. The van der Waals surface area contributed by atoms with E-state index < -0.39 is 16.8 Å². The van der Waals surface area contributed by atoms with Crippen LogP contribution in [0, 0.1) is 0 Å². The van der Waals surface area contributed by atoms with E-state index in [0.717, 1.165) is 12.3 Å². The van der Waals surface area contributed by atoms with Gasteiger partial charge in [-0.1, -0.05) is 0 Å². The average Bonchev–Trinajstić information content (AvgIpc) is 2.69. The molecule has 0 aliphatic carbocycles. The Bertz CT molecular complexity index is 240. The molecule has 0 aromatic rings. The van der Waals surface area contributed by atoms with Crippen molar-refractivity contribution < 1.29 is 9.90 Å². The number of likely N-dealkylation sites (tertiary alicyclic amines) is 1. The van der Waals surface area contributed by atoms with E-state index in [-0.39, 0.29) is 0 Å². The number of carbonyl (C=O) groups is 1. The fourth-order valence-electron chi connectivity index (χ4n) is 1.83. The number of aliphatic carboxylic acids is 1. The maximum absolute atomic E-state index is 10.8. The third-order valence-corrected chi connectivity index (χ3v) is 4.48. The van der Waals surface area contributed by atoms with Crippen molar-refractivity contribution in [1.82, 2.24) is 4.90 Å². The number of carboxylic acids is 1. The highest BCUT2D eigenvalue weighted by molar-refractivity contribution is 8.00. The predicted molar refractivity (Wildman–Crippen MR) is 67.8 cm³/mol. The number of nitrogens with zero attached hydrogens (tertiary/aromatic N) is 1. The Morgan fingerprint density at radius 3 is 2.56 bits per heavy atom. The average molecular weight is 246 g/mol. The van der Waals surface area contributed by atoms with Crippen molar-refractivity contribution in [2.75, 3.05) is 25.4 Å². The molecule has 16 heavy (non-hydrogen) atoms. The maximum atomic E-state index is 10.8. The summed E-state index contributed by atoms with van der Waals surface area (Å²) in [6, 6.07) is -0.795. The van der Waals surface area contributed by atoms with Gasteiger partial charge in [0, 0.05) is 17.0 Å². The summed E-state index contributed by atoms with van der Waals surface area (Å²) in [5.74, 6) is 0.0345. The minimum absolute atomic E-state index is 0.397. The topological polar surface area (TPSA) is 66.6 Å². The molecule has 1 rings (SSSR count). The molecule has 94 valence electrons. The SMILES string of the molecule is CC(C)(SCCN1CCCC1)[C@@H](N)C(=O)O. The Kier molecular flexibility index (Phi) is 5.08. The van der Waals surface area contributed by atoms with Gasteiger partial charge < -0.3 is 15.7 Å². The molecule has 3 N–H and O–H groups in total. The van der Waals surface area contributed by atoms with Crippen LogP contribution in [-0.4, -0.2) is 52.2 Å². The van der Waals surface area contributed by atoms with Gasteiger partial charge in [0.05, 0.1) is 0 Å². The Morgan fingerprint density at radius 2 is 2.06 bits per heavy atom. The molecule has 0 aromatic carbocycles. The van der Waals surface area contributed by atoms with Crippen LogP contribution in [0.5, 0.6) is 0 Å². The summed E-state index contributed by atoms with van der Waals surface area (Å²) in [4.78, 5) is 13.2. The van der Waals surface area contributed by atoms with Crippen molar-refractivity contribution in [3.05, 3.63) is 0 Å². The maximum Gasteiger partial charge on any atom is 0.321 e. The number of thioether (sulfide) groups is 1. The second kappa shape index (κ2) is 5.89. The quantitative estimate of drug-likeness (QED) is 0.732. The molecule has 1 aliphatic rings. The van der Waals surface area contributed by atoms with E-state index in [2.05, 4.69) is 4.90 Å². The van der Waals surface area contributed by atoms with Crippen LogP contribution in [0.15, 0.2) is 0 Å². The van der Waals surface area contributed by atoms with Crippen LogP contribution in [0.1, 0.15) is 26.7 Å². The number of nitrogens with two attached hydrogens (primary N) is 1. The second-order valence-electron chi connectivity index (χ2n) is 4.82. The molecule has 0 saturated carbocycles. The molecular formula is C11H22N2O2S. The molecule has 1 saturated heterocycles. The highest BCUT2D eigenvalue weighted by Gasteiger charge is 2.32. The van der Waals surface area contributed by atoms with Gasteiger partial charge in [-0.15, -0.1) is 0 Å². The van der Waals surface area contributed by atoms with Crippen LogP contribution in [0.2, 0.25) is 0 Å². The summed E-state index contributed by atoms with van der Waals surface area (Å²) >= 11 is 1.65. The molecule has 4 nitrogen and oxygen atoms in total. The second-order valence-corrected chi connectivity index (χ2v) is 6.57. The molecule has 0 radical (unpaired) electrons. The van der Waals surface area contributed by atoms with Crippen LogP contribution in [0.3, 0.4) is 0 Å². The van der Waals surface area contributed by atoms with Crippen molar-refractivity contribution in [2.24, 2.45) is 5.73 Å². The van der Waals surface area contributed by atoms with E-state index in [1.807, 2.05) is 13.8 Å². The van der Waals surface area contributed by atoms with Gasteiger partial charge in [-0.3, -0.25) is 4.79 Å². The fraction of sp³-hybridized carbons (Fsp3) is 0.909. The van der Waals surface area contributed by atoms with Gasteiger partial charge in [-0.25, -0.2) is 0 Å². The monoisotopic (exact) mass is 246 g/mol. The first-order chi connectivity index (χ1) is 7.43. The summed E-state index contributed by atoms with van der Waals surface area (Å²) in [5, 5.41) is 8.88. The number of rotatable bonds is 6. The molecule has 1 fully saturated rings. The summed E-state index contributed by atoms with van der Waals surface area (Å²) in [5.41, 5.74) is 5.65. The first-order valence-electron chi connectivity index (χ1n) is 5.78. The molecule has 0 spiro atoms. The smallest absolute Gasteiger partial charge is 0.321 e. The zero-order valence-corrected chi connectivity index (χ0v) is 10.9. The van der Waals surface area contributed by atoms with Crippen LogP contribution >= 0.6 is 11.8 Å². The molecular weight excluding hydrogens is 224 g/mol. The van der Waals surface area contributed by atoms with Crippen molar-refractivity contribution >= 4 is 17.7 Å². The molecule has 0 bridgehead atoms.